The summed E-state index contributed by atoms with van der Waals surface area (Å²) in [5, 5.41) is 9.04. The van der Waals surface area contributed by atoms with Crippen molar-refractivity contribution in [2.24, 2.45) is 0 Å². The predicted molar refractivity (Wildman–Crippen MR) is 111 cm³/mol. The maximum absolute atomic E-state index is 13.3. The number of fused-ring (bicyclic) bond motifs is 1. The molecule has 0 aromatic heterocycles. The van der Waals surface area contributed by atoms with E-state index in [1.54, 1.807) is 0 Å². The Bertz CT molecular complexity index is 1010. The van der Waals surface area contributed by atoms with Gasteiger partial charge in [-0.05, 0) is 42.7 Å². The Morgan fingerprint density at radius 3 is 2.15 bits per heavy atom. The number of hydrogen-bond acceptors (Lipinski definition) is 3. The van der Waals surface area contributed by atoms with Gasteiger partial charge < -0.3 is 20.7 Å². The van der Waals surface area contributed by atoms with E-state index < -0.39 is 35.1 Å². The molecule has 2 unspecified atom stereocenters. The molecule has 2 fully saturated rings. The molecule has 3 N–H and O–H groups in total. The zero-order valence-corrected chi connectivity index (χ0v) is 18.1. The fraction of sp³-hybridized carbons (Fsp3) is 0.435. The first kappa shape index (κ1) is 24.3. The molecule has 0 aliphatic carbocycles. The van der Waals surface area contributed by atoms with Crippen molar-refractivity contribution in [1.29, 1.82) is 0 Å². The topological polar surface area (TPSA) is 62.4 Å². The molecule has 0 saturated carbocycles. The second-order valence-corrected chi connectivity index (χ2v) is 8.66. The summed E-state index contributed by atoms with van der Waals surface area (Å²) in [6.45, 7) is 1.80. The van der Waals surface area contributed by atoms with Crippen molar-refractivity contribution >= 4 is 6.03 Å². The van der Waals surface area contributed by atoms with Crippen molar-refractivity contribution in [2.75, 3.05) is 13.2 Å². The van der Waals surface area contributed by atoms with Crippen LogP contribution in [0.1, 0.15) is 41.7 Å². The molecule has 0 bridgehead atoms. The molecule has 2 heterocycles. The molecule has 11 heteroatoms. The molecule has 2 saturated heterocycles. The van der Waals surface area contributed by atoms with E-state index in [4.69, 9.17) is 4.74 Å². The predicted octanol–water partition coefficient (Wildman–Crippen LogP) is 4.74. The van der Waals surface area contributed by atoms with E-state index in [1.165, 1.54) is 6.92 Å². The van der Waals surface area contributed by atoms with Gasteiger partial charge in [0.1, 0.15) is 0 Å². The van der Waals surface area contributed by atoms with Gasteiger partial charge in [0.2, 0.25) is 0 Å². The SMILES string of the molecule is C[C@@H](OC[C@@]1(c2ccccc2)CC2NC(=O)NC2CN1)c1cc(C(F)(F)F)cc(C(F)(F)F)c1. The number of urea groups is 1. The molecule has 2 aliphatic heterocycles. The Balaban J connectivity index is 1.61. The Morgan fingerprint density at radius 2 is 1.56 bits per heavy atom. The van der Waals surface area contributed by atoms with Gasteiger partial charge in [-0.1, -0.05) is 30.3 Å². The number of halogens is 6. The standard InChI is InChI=1S/C23H23F6N3O2/c1-13(14-7-16(22(24,25)26)9-17(8-14)23(27,28)29)34-12-21(15-5-3-2-4-6-15)10-18-19(11-30-21)32-20(33)31-18/h2-9,13,18-19,30H,10-12H2,1H3,(H2,31,32,33)/t13-,18?,19?,21-/m1/s1. The fourth-order valence-corrected chi connectivity index (χ4v) is 4.47. The molecular weight excluding hydrogens is 464 g/mol. The van der Waals surface area contributed by atoms with Crippen LogP contribution in [-0.2, 0) is 22.6 Å². The highest BCUT2D eigenvalue weighted by Gasteiger charge is 2.46. The minimum atomic E-state index is -4.94. The summed E-state index contributed by atoms with van der Waals surface area (Å²) in [5.74, 6) is 0. The number of rotatable bonds is 5. The number of alkyl halides is 6. The molecule has 2 aliphatic rings. The van der Waals surface area contributed by atoms with Gasteiger partial charge in [-0.25, -0.2) is 4.79 Å². The highest BCUT2D eigenvalue weighted by Crippen LogP contribution is 2.39. The van der Waals surface area contributed by atoms with Crippen LogP contribution in [0.5, 0.6) is 0 Å². The highest BCUT2D eigenvalue weighted by atomic mass is 19.4. The number of carbonyl (C=O) groups is 1. The highest BCUT2D eigenvalue weighted by molar-refractivity contribution is 5.77. The molecule has 184 valence electrons. The molecule has 4 rings (SSSR count). The Kier molecular flexibility index (Phi) is 6.28. The lowest BCUT2D eigenvalue weighted by Gasteiger charge is -2.43. The summed E-state index contributed by atoms with van der Waals surface area (Å²) >= 11 is 0. The summed E-state index contributed by atoms with van der Waals surface area (Å²) in [6.07, 6.45) is -10.5. The van der Waals surface area contributed by atoms with E-state index in [9.17, 15) is 31.1 Å². The summed E-state index contributed by atoms with van der Waals surface area (Å²) < 4.78 is 85.4. The maximum Gasteiger partial charge on any atom is 0.416 e. The molecule has 2 amide bonds. The fourth-order valence-electron chi connectivity index (χ4n) is 4.47. The molecule has 0 radical (unpaired) electrons. The van der Waals surface area contributed by atoms with E-state index in [0.29, 0.717) is 25.1 Å². The minimum Gasteiger partial charge on any atom is -0.372 e. The van der Waals surface area contributed by atoms with Crippen LogP contribution in [0.25, 0.3) is 0 Å². The van der Waals surface area contributed by atoms with E-state index in [0.717, 1.165) is 5.56 Å². The van der Waals surface area contributed by atoms with Crippen molar-refractivity contribution in [3.05, 3.63) is 70.8 Å². The van der Waals surface area contributed by atoms with Gasteiger partial charge in [-0.2, -0.15) is 26.3 Å². The van der Waals surface area contributed by atoms with E-state index in [2.05, 4.69) is 16.0 Å². The van der Waals surface area contributed by atoms with Gasteiger partial charge in [0, 0.05) is 6.54 Å². The normalized spacial score (nSPS) is 25.9. The van der Waals surface area contributed by atoms with Crippen LogP contribution in [0.2, 0.25) is 0 Å². The van der Waals surface area contributed by atoms with Gasteiger partial charge in [0.15, 0.2) is 0 Å². The Morgan fingerprint density at radius 1 is 0.971 bits per heavy atom. The maximum atomic E-state index is 13.3. The summed E-state index contributed by atoms with van der Waals surface area (Å²) in [4.78, 5) is 11.8. The monoisotopic (exact) mass is 487 g/mol. The third kappa shape index (κ3) is 5.00. The molecule has 2 aromatic rings. The van der Waals surface area contributed by atoms with Gasteiger partial charge in [0.05, 0.1) is 41.5 Å². The van der Waals surface area contributed by atoms with Crippen LogP contribution in [-0.4, -0.2) is 31.3 Å². The first-order valence-corrected chi connectivity index (χ1v) is 10.7. The largest absolute Gasteiger partial charge is 0.416 e. The average molecular weight is 487 g/mol. The van der Waals surface area contributed by atoms with Gasteiger partial charge in [-0.3, -0.25) is 0 Å². The summed E-state index contributed by atoms with van der Waals surface area (Å²) in [7, 11) is 0. The minimum absolute atomic E-state index is 0.0329. The van der Waals surface area contributed by atoms with Crippen molar-refractivity contribution in [3.8, 4) is 0 Å². The zero-order chi connectivity index (χ0) is 24.7. The number of amides is 2. The summed E-state index contributed by atoms with van der Waals surface area (Å²) in [5.41, 5.74) is -2.96. The zero-order valence-electron chi connectivity index (χ0n) is 18.1. The van der Waals surface area contributed by atoms with Crippen molar-refractivity contribution in [2.45, 2.75) is 49.4 Å². The molecule has 4 atom stereocenters. The van der Waals surface area contributed by atoms with Crippen LogP contribution in [0.4, 0.5) is 31.1 Å². The number of nitrogens with one attached hydrogen (secondary N) is 3. The Labute approximate surface area is 191 Å². The van der Waals surface area contributed by atoms with Crippen LogP contribution in [0.3, 0.4) is 0 Å². The first-order chi connectivity index (χ1) is 15.9. The van der Waals surface area contributed by atoms with E-state index in [-0.39, 0.29) is 36.4 Å². The van der Waals surface area contributed by atoms with Crippen molar-refractivity contribution in [1.82, 2.24) is 16.0 Å². The quantitative estimate of drug-likeness (QED) is 0.534. The molecular formula is C23H23F6N3O2. The number of hydrogen-bond donors (Lipinski definition) is 3. The number of carbonyl (C=O) groups excluding carboxylic acids is 1. The lowest BCUT2D eigenvalue weighted by Crippen LogP contribution is -2.60. The third-order valence-electron chi connectivity index (χ3n) is 6.33. The lowest BCUT2D eigenvalue weighted by molar-refractivity contribution is -0.143. The number of ether oxygens (including phenoxy) is 1. The van der Waals surface area contributed by atoms with Crippen LogP contribution >= 0.6 is 0 Å². The van der Waals surface area contributed by atoms with E-state index in [1.807, 2.05) is 30.3 Å². The van der Waals surface area contributed by atoms with Crippen molar-refractivity contribution < 1.29 is 35.9 Å². The third-order valence-corrected chi connectivity index (χ3v) is 6.33. The summed E-state index contributed by atoms with van der Waals surface area (Å²) in [6, 6.07) is 10.0. The number of benzene rings is 2. The second-order valence-electron chi connectivity index (χ2n) is 8.66. The van der Waals surface area contributed by atoms with Crippen LogP contribution < -0.4 is 16.0 Å². The molecule has 5 nitrogen and oxygen atoms in total. The molecule has 34 heavy (non-hydrogen) atoms. The van der Waals surface area contributed by atoms with E-state index >= 15 is 0 Å². The van der Waals surface area contributed by atoms with Gasteiger partial charge in [-0.15, -0.1) is 0 Å². The van der Waals surface area contributed by atoms with Crippen molar-refractivity contribution in [3.63, 3.8) is 0 Å². The Hall–Kier alpha value is -2.79. The van der Waals surface area contributed by atoms with Gasteiger partial charge >= 0.3 is 18.4 Å². The smallest absolute Gasteiger partial charge is 0.372 e. The second kappa shape index (κ2) is 8.77. The average Bonchev–Trinajstić information content (AvgIpc) is 3.15. The lowest BCUT2D eigenvalue weighted by atomic mass is 9.79. The molecule has 2 aromatic carbocycles. The van der Waals surface area contributed by atoms with Gasteiger partial charge in [0.25, 0.3) is 0 Å². The van der Waals surface area contributed by atoms with Crippen LogP contribution in [0, 0.1) is 0 Å². The number of piperidine rings is 1. The van der Waals surface area contributed by atoms with Crippen LogP contribution in [0.15, 0.2) is 48.5 Å². The first-order valence-electron chi connectivity index (χ1n) is 10.7. The molecule has 0 spiro atoms.